The predicted molar refractivity (Wildman–Crippen MR) is 58.2 cm³/mol. The van der Waals surface area contributed by atoms with E-state index < -0.39 is 0 Å². The zero-order chi connectivity index (χ0) is 9.31. The molecule has 0 atom stereocenters. The van der Waals surface area contributed by atoms with Crippen LogP contribution in [0.5, 0.6) is 0 Å². The minimum absolute atomic E-state index is 0.311. The Kier molecular flexibility index (Phi) is 2.35. The van der Waals surface area contributed by atoms with Gasteiger partial charge in [0.05, 0.1) is 0 Å². The normalized spacial score (nSPS) is 18.6. The van der Waals surface area contributed by atoms with Crippen molar-refractivity contribution in [1.82, 2.24) is 5.32 Å². The predicted octanol–water partition coefficient (Wildman–Crippen LogP) is 2.62. The van der Waals surface area contributed by atoms with E-state index in [9.17, 15) is 0 Å². The highest BCUT2D eigenvalue weighted by Gasteiger charge is 2.42. The maximum Gasteiger partial charge on any atom is 0.0434 e. The second-order valence-corrected chi connectivity index (χ2v) is 4.44. The van der Waals surface area contributed by atoms with E-state index in [-0.39, 0.29) is 0 Å². The van der Waals surface area contributed by atoms with Crippen LogP contribution in [0.2, 0.25) is 0 Å². The molecule has 2 heteroatoms. The van der Waals surface area contributed by atoms with Crippen LogP contribution in [0, 0.1) is 0 Å². The fourth-order valence-electron chi connectivity index (χ4n) is 1.73. The van der Waals surface area contributed by atoms with Gasteiger partial charge in [-0.3, -0.25) is 0 Å². The maximum absolute atomic E-state index is 3.41. The monoisotopic (exact) mass is 193 g/mol. The van der Waals surface area contributed by atoms with Crippen molar-refractivity contribution in [2.45, 2.75) is 23.3 Å². The molecule has 1 aromatic carbocycles. The molecule has 1 nitrogen and oxygen atoms in total. The first-order valence-corrected chi connectivity index (χ1v) is 5.87. The zero-order valence-corrected chi connectivity index (χ0v) is 8.95. The van der Waals surface area contributed by atoms with Crippen LogP contribution in [0.1, 0.15) is 18.4 Å². The lowest BCUT2D eigenvalue weighted by atomic mass is 10.1. The molecule has 0 bridgehead atoms. The summed E-state index contributed by atoms with van der Waals surface area (Å²) in [6.07, 6.45) is 4.68. The standard InChI is InChI=1S/C11H15NS/c1-12-11(6-7-11)9-4-3-5-10(8-9)13-2/h3-5,8,12H,6-7H2,1-2H3. The number of rotatable bonds is 3. The Labute approximate surface area is 83.9 Å². The highest BCUT2D eigenvalue weighted by molar-refractivity contribution is 7.98. The molecule has 0 radical (unpaired) electrons. The lowest BCUT2D eigenvalue weighted by Crippen LogP contribution is -2.24. The first kappa shape index (κ1) is 9.10. The van der Waals surface area contributed by atoms with Crippen LogP contribution >= 0.6 is 11.8 Å². The second kappa shape index (κ2) is 3.35. The Morgan fingerprint density at radius 2 is 2.15 bits per heavy atom. The summed E-state index contributed by atoms with van der Waals surface area (Å²) < 4.78 is 0. The Balaban J connectivity index is 2.30. The van der Waals surface area contributed by atoms with Crippen molar-refractivity contribution in [3.63, 3.8) is 0 Å². The highest BCUT2D eigenvalue weighted by Crippen LogP contribution is 2.45. The molecular formula is C11H15NS. The summed E-state index contributed by atoms with van der Waals surface area (Å²) in [4.78, 5) is 1.36. The fraction of sp³-hybridized carbons (Fsp3) is 0.455. The van der Waals surface area contributed by atoms with E-state index in [2.05, 4.69) is 42.9 Å². The third-order valence-electron chi connectivity index (χ3n) is 2.85. The van der Waals surface area contributed by atoms with Gasteiger partial charge < -0.3 is 5.32 Å². The molecular weight excluding hydrogens is 178 g/mol. The van der Waals surface area contributed by atoms with E-state index in [0.29, 0.717) is 5.54 Å². The van der Waals surface area contributed by atoms with Gasteiger partial charge in [-0.2, -0.15) is 0 Å². The largest absolute Gasteiger partial charge is 0.310 e. The quantitative estimate of drug-likeness (QED) is 0.741. The van der Waals surface area contributed by atoms with Crippen molar-refractivity contribution in [2.24, 2.45) is 0 Å². The van der Waals surface area contributed by atoms with Crippen LogP contribution in [0.4, 0.5) is 0 Å². The fourth-order valence-corrected chi connectivity index (χ4v) is 2.19. The average molecular weight is 193 g/mol. The lowest BCUT2D eigenvalue weighted by molar-refractivity contribution is 0.584. The van der Waals surface area contributed by atoms with Crippen molar-refractivity contribution >= 4 is 11.8 Å². The summed E-state index contributed by atoms with van der Waals surface area (Å²) >= 11 is 1.81. The summed E-state index contributed by atoms with van der Waals surface area (Å²) in [5.74, 6) is 0. The molecule has 1 fully saturated rings. The molecule has 0 saturated heterocycles. The Morgan fingerprint density at radius 1 is 1.38 bits per heavy atom. The molecule has 2 rings (SSSR count). The van der Waals surface area contributed by atoms with Crippen LogP contribution < -0.4 is 5.32 Å². The molecule has 0 heterocycles. The average Bonchev–Trinajstić information content (AvgIpc) is 2.99. The molecule has 0 aromatic heterocycles. The number of thioether (sulfide) groups is 1. The van der Waals surface area contributed by atoms with E-state index >= 15 is 0 Å². The van der Waals surface area contributed by atoms with Crippen molar-refractivity contribution in [1.29, 1.82) is 0 Å². The van der Waals surface area contributed by atoms with Crippen LogP contribution in [0.15, 0.2) is 29.2 Å². The van der Waals surface area contributed by atoms with Crippen LogP contribution in [-0.4, -0.2) is 13.3 Å². The Morgan fingerprint density at radius 3 is 2.69 bits per heavy atom. The molecule has 1 N–H and O–H groups in total. The lowest BCUT2D eigenvalue weighted by Gasteiger charge is -2.14. The number of hydrogen-bond donors (Lipinski definition) is 1. The molecule has 13 heavy (non-hydrogen) atoms. The first-order chi connectivity index (χ1) is 6.30. The molecule has 1 aliphatic carbocycles. The van der Waals surface area contributed by atoms with Gasteiger partial charge in [0.1, 0.15) is 0 Å². The minimum Gasteiger partial charge on any atom is -0.310 e. The van der Waals surface area contributed by atoms with Crippen molar-refractivity contribution in [3.8, 4) is 0 Å². The number of benzene rings is 1. The van der Waals surface area contributed by atoms with Gasteiger partial charge in [-0.25, -0.2) is 0 Å². The molecule has 0 aliphatic heterocycles. The van der Waals surface area contributed by atoms with Crippen LogP contribution in [0.3, 0.4) is 0 Å². The van der Waals surface area contributed by atoms with Gasteiger partial charge in [-0.05, 0) is 43.8 Å². The van der Waals surface area contributed by atoms with Gasteiger partial charge in [-0.15, -0.1) is 11.8 Å². The van der Waals surface area contributed by atoms with Crippen LogP contribution in [-0.2, 0) is 5.54 Å². The summed E-state index contributed by atoms with van der Waals surface area (Å²) in [7, 11) is 2.05. The summed E-state index contributed by atoms with van der Waals surface area (Å²) in [5, 5.41) is 3.41. The van der Waals surface area contributed by atoms with Gasteiger partial charge in [0.15, 0.2) is 0 Å². The van der Waals surface area contributed by atoms with Gasteiger partial charge in [0, 0.05) is 10.4 Å². The minimum atomic E-state index is 0.311. The molecule has 0 spiro atoms. The van der Waals surface area contributed by atoms with Crippen molar-refractivity contribution < 1.29 is 0 Å². The van der Waals surface area contributed by atoms with E-state index in [0.717, 1.165) is 0 Å². The zero-order valence-electron chi connectivity index (χ0n) is 8.13. The SMILES string of the molecule is CNC1(c2cccc(SC)c2)CC1. The van der Waals surface area contributed by atoms with E-state index in [1.54, 1.807) is 0 Å². The van der Waals surface area contributed by atoms with E-state index in [4.69, 9.17) is 0 Å². The van der Waals surface area contributed by atoms with Gasteiger partial charge in [0.25, 0.3) is 0 Å². The third-order valence-corrected chi connectivity index (χ3v) is 3.58. The summed E-state index contributed by atoms with van der Waals surface area (Å²) in [6, 6.07) is 8.84. The molecule has 0 unspecified atom stereocenters. The first-order valence-electron chi connectivity index (χ1n) is 4.64. The van der Waals surface area contributed by atoms with Crippen molar-refractivity contribution in [2.75, 3.05) is 13.3 Å². The molecule has 1 aliphatic rings. The van der Waals surface area contributed by atoms with Gasteiger partial charge in [0.2, 0.25) is 0 Å². The maximum atomic E-state index is 3.41. The molecule has 70 valence electrons. The molecule has 1 saturated carbocycles. The summed E-state index contributed by atoms with van der Waals surface area (Å²) in [5.41, 5.74) is 1.76. The number of nitrogens with one attached hydrogen (secondary N) is 1. The second-order valence-electron chi connectivity index (χ2n) is 3.56. The topological polar surface area (TPSA) is 12.0 Å². The number of hydrogen-bond acceptors (Lipinski definition) is 2. The van der Waals surface area contributed by atoms with E-state index in [1.165, 1.54) is 23.3 Å². The molecule has 0 amide bonds. The van der Waals surface area contributed by atoms with Gasteiger partial charge in [-0.1, -0.05) is 12.1 Å². The molecule has 1 aromatic rings. The van der Waals surface area contributed by atoms with Crippen molar-refractivity contribution in [3.05, 3.63) is 29.8 Å². The Bertz CT molecular complexity index is 305. The third kappa shape index (κ3) is 1.61. The highest BCUT2D eigenvalue weighted by atomic mass is 32.2. The smallest absolute Gasteiger partial charge is 0.0434 e. The van der Waals surface area contributed by atoms with Gasteiger partial charge >= 0.3 is 0 Å². The Hall–Kier alpha value is -0.470. The van der Waals surface area contributed by atoms with E-state index in [1.807, 2.05) is 11.8 Å². The summed E-state index contributed by atoms with van der Waals surface area (Å²) in [6.45, 7) is 0. The van der Waals surface area contributed by atoms with Crippen LogP contribution in [0.25, 0.3) is 0 Å².